The molecule has 0 aromatic rings. The van der Waals surface area contributed by atoms with Crippen LogP contribution < -0.4 is 4.72 Å². The Hall–Kier alpha value is 1.06. The molecule has 0 saturated carbocycles. The molecule has 0 unspecified atom stereocenters. The summed E-state index contributed by atoms with van der Waals surface area (Å²) in [7, 11) is 4.96. The van der Waals surface area contributed by atoms with Gasteiger partial charge >= 0.3 is 35.7 Å². The number of nitrogens with one attached hydrogen (secondary N) is 1. The van der Waals surface area contributed by atoms with Crippen LogP contribution in [0.25, 0.3) is 0 Å². The molecule has 0 fully saturated rings. The van der Waals surface area contributed by atoms with Gasteiger partial charge in [-0.2, -0.15) is 0 Å². The van der Waals surface area contributed by atoms with Crippen LogP contribution in [0.1, 0.15) is 0 Å². The summed E-state index contributed by atoms with van der Waals surface area (Å²) in [5, 5.41) is 2.12. The number of rotatable bonds is 0. The number of carbonyl (C=O) groups excluding carboxylic acids is 1. The molecule has 0 aromatic carbocycles. The molecule has 1 aliphatic heterocycles. The van der Waals surface area contributed by atoms with Gasteiger partial charge in [0.1, 0.15) is 0 Å². The van der Waals surface area contributed by atoms with Crippen molar-refractivity contribution >= 4 is 70.1 Å². The Kier molecular flexibility index (Phi) is 15.6. The van der Waals surface area contributed by atoms with E-state index >= 15 is 0 Å². The molecule has 1 aliphatic rings. The van der Waals surface area contributed by atoms with E-state index in [2.05, 4.69) is 29.0 Å². The van der Waals surface area contributed by atoms with Gasteiger partial charge in [0.2, 0.25) is 0 Å². The van der Waals surface area contributed by atoms with E-state index in [0.29, 0.717) is 0 Å². The fourth-order valence-electron chi connectivity index (χ4n) is 0.242. The van der Waals surface area contributed by atoms with E-state index in [9.17, 15) is 4.79 Å². The first kappa shape index (κ1) is 15.5. The van der Waals surface area contributed by atoms with E-state index in [1.165, 1.54) is 12.9 Å². The molecule has 3 nitrogen and oxygen atoms in total. The SMILES string of the molecule is C1=CSSC1.COC(=O)NS.[NaH]. The Morgan fingerprint density at radius 2 is 2.42 bits per heavy atom. The maximum atomic E-state index is 9.77. The van der Waals surface area contributed by atoms with Gasteiger partial charge in [0.15, 0.2) is 0 Å². The van der Waals surface area contributed by atoms with Crippen LogP contribution in [-0.4, -0.2) is 48.5 Å². The molecule has 0 aliphatic carbocycles. The van der Waals surface area contributed by atoms with Crippen LogP contribution in [0.4, 0.5) is 4.79 Å². The first-order chi connectivity index (χ1) is 5.31. The molecule has 1 amide bonds. The second-order valence-electron chi connectivity index (χ2n) is 1.36. The van der Waals surface area contributed by atoms with Gasteiger partial charge in [-0.05, 0) is 5.41 Å². The molecule has 7 heteroatoms. The fraction of sp³-hybridized carbons (Fsp3) is 0.400. The first-order valence-corrected chi connectivity index (χ1v) is 5.55. The minimum atomic E-state index is -0.543. The van der Waals surface area contributed by atoms with Gasteiger partial charge in [-0.25, -0.2) is 4.79 Å². The van der Waals surface area contributed by atoms with Gasteiger partial charge in [-0.3, -0.25) is 4.72 Å². The van der Waals surface area contributed by atoms with E-state index in [0.717, 1.165) is 0 Å². The third kappa shape index (κ3) is 11.1. The van der Waals surface area contributed by atoms with E-state index in [4.69, 9.17) is 0 Å². The molecule has 0 radical (unpaired) electrons. The Morgan fingerprint density at radius 3 is 2.50 bits per heavy atom. The van der Waals surface area contributed by atoms with Crippen molar-refractivity contribution in [3.63, 3.8) is 0 Å². The van der Waals surface area contributed by atoms with Gasteiger partial charge in [-0.15, -0.1) is 0 Å². The monoisotopic (exact) mass is 235 g/mol. The normalized spacial score (nSPS) is 12.2. The standard InChI is InChI=1S/C3H4S2.C2H5NO2S.Na.H/c1-2-4-5-3-1;1-5-2(4)3-6;;/h1-2H,3H2;6H,1H3,(H,3,4);;. The molecule has 0 aromatic heterocycles. The van der Waals surface area contributed by atoms with E-state index in [1.807, 2.05) is 26.3 Å². The minimum absolute atomic E-state index is 0. The molecule has 66 valence electrons. The third-order valence-corrected chi connectivity index (χ3v) is 2.76. The first-order valence-electron chi connectivity index (χ1n) is 2.72. The van der Waals surface area contributed by atoms with Gasteiger partial charge in [0.05, 0.1) is 7.11 Å². The zero-order valence-corrected chi connectivity index (χ0v) is 8.47. The molecule has 12 heavy (non-hydrogen) atoms. The quantitative estimate of drug-likeness (QED) is 0.378. The van der Waals surface area contributed by atoms with Crippen molar-refractivity contribution in [2.45, 2.75) is 0 Å². The van der Waals surface area contributed by atoms with Crippen LogP contribution in [-0.2, 0) is 4.74 Å². The predicted octanol–water partition coefficient (Wildman–Crippen LogP) is 1.43. The van der Waals surface area contributed by atoms with Crippen LogP contribution in [0.3, 0.4) is 0 Å². The third-order valence-electron chi connectivity index (χ3n) is 0.661. The van der Waals surface area contributed by atoms with E-state index in [-0.39, 0.29) is 29.6 Å². The zero-order valence-electron chi connectivity index (χ0n) is 5.94. The summed E-state index contributed by atoms with van der Waals surface area (Å²) < 4.78 is 6.02. The average molecular weight is 235 g/mol. The molecule has 0 bridgehead atoms. The molecular weight excluding hydrogens is 225 g/mol. The summed E-state index contributed by atoms with van der Waals surface area (Å²) in [5.74, 6) is 1.20. The van der Waals surface area contributed by atoms with Crippen LogP contribution in [0, 0.1) is 0 Å². The van der Waals surface area contributed by atoms with Crippen molar-refractivity contribution in [1.29, 1.82) is 0 Å². The number of carbonyl (C=O) groups is 1. The Labute approximate surface area is 108 Å². The molecule has 1 N–H and O–H groups in total. The molecular formula is C5H10NNaO2S3. The van der Waals surface area contributed by atoms with Crippen LogP contribution in [0.2, 0.25) is 0 Å². The summed E-state index contributed by atoms with van der Waals surface area (Å²) in [4.78, 5) is 9.77. The van der Waals surface area contributed by atoms with Crippen molar-refractivity contribution in [3.8, 4) is 0 Å². The van der Waals surface area contributed by atoms with Crippen LogP contribution in [0.5, 0.6) is 0 Å². The van der Waals surface area contributed by atoms with Gasteiger partial charge < -0.3 is 4.74 Å². The van der Waals surface area contributed by atoms with E-state index in [1.54, 1.807) is 0 Å². The van der Waals surface area contributed by atoms with Crippen LogP contribution in [0.15, 0.2) is 11.5 Å². The summed E-state index contributed by atoms with van der Waals surface area (Å²) in [6.07, 6.45) is 1.62. The average Bonchev–Trinajstić information content (AvgIpc) is 2.60. The van der Waals surface area contributed by atoms with Crippen molar-refractivity contribution in [2.24, 2.45) is 0 Å². The zero-order chi connectivity index (χ0) is 8.53. The number of amides is 1. The second kappa shape index (κ2) is 12.1. The summed E-state index contributed by atoms with van der Waals surface area (Å²) >= 11 is 3.37. The number of hydrogen-bond donors (Lipinski definition) is 2. The topological polar surface area (TPSA) is 38.3 Å². The molecule has 1 rings (SSSR count). The Morgan fingerprint density at radius 1 is 1.75 bits per heavy atom. The number of hydrogen-bond acceptors (Lipinski definition) is 5. The fourth-order valence-corrected chi connectivity index (χ4v) is 1.90. The molecule has 0 spiro atoms. The van der Waals surface area contributed by atoms with E-state index < -0.39 is 6.09 Å². The molecule has 1 heterocycles. The Bertz CT molecular complexity index is 133. The van der Waals surface area contributed by atoms with Crippen molar-refractivity contribution in [2.75, 3.05) is 12.9 Å². The van der Waals surface area contributed by atoms with Crippen molar-refractivity contribution in [1.82, 2.24) is 4.72 Å². The Balaban J connectivity index is 0. The molecule has 0 saturated heterocycles. The van der Waals surface area contributed by atoms with Gasteiger partial charge in [0.25, 0.3) is 0 Å². The second-order valence-corrected chi connectivity index (χ2v) is 3.90. The number of methoxy groups -OCH3 is 1. The summed E-state index contributed by atoms with van der Waals surface area (Å²) in [6.45, 7) is 0. The number of thiol groups is 1. The summed E-state index contributed by atoms with van der Waals surface area (Å²) in [5.41, 5.74) is 0. The van der Waals surface area contributed by atoms with Crippen LogP contribution >= 0.6 is 34.4 Å². The number of ether oxygens (including phenoxy) is 1. The summed E-state index contributed by atoms with van der Waals surface area (Å²) in [6, 6.07) is 0. The predicted molar refractivity (Wildman–Crippen MR) is 60.9 cm³/mol. The van der Waals surface area contributed by atoms with Crippen molar-refractivity contribution in [3.05, 3.63) is 11.5 Å². The molecule has 0 atom stereocenters. The maximum absolute atomic E-state index is 9.77. The van der Waals surface area contributed by atoms with Gasteiger partial charge in [-0.1, -0.05) is 40.5 Å². The van der Waals surface area contributed by atoms with Gasteiger partial charge in [0, 0.05) is 5.75 Å². The van der Waals surface area contributed by atoms with Crippen molar-refractivity contribution < 1.29 is 9.53 Å².